The Bertz CT molecular complexity index is 845. The molecule has 1 aliphatic heterocycles. The minimum atomic E-state index is -4.50. The number of nitrogens with zero attached hydrogens (tertiary/aromatic N) is 1. The number of fused-ring (bicyclic) bond motifs is 1. The van der Waals surface area contributed by atoms with Crippen LogP contribution in [0.2, 0.25) is 0 Å². The molecule has 0 spiro atoms. The lowest BCUT2D eigenvalue weighted by atomic mass is 9.91. The summed E-state index contributed by atoms with van der Waals surface area (Å²) in [5.74, 6) is -0.382. The second-order valence-corrected chi connectivity index (χ2v) is 7.90. The highest BCUT2D eigenvalue weighted by Crippen LogP contribution is 2.42. The molecule has 1 N–H and O–H groups in total. The summed E-state index contributed by atoms with van der Waals surface area (Å²) in [4.78, 5) is 12.1. The number of amides is 1. The molecule has 1 heterocycles. The molecule has 2 aromatic rings. The number of hydrogen-bond acceptors (Lipinski definition) is 2. The summed E-state index contributed by atoms with van der Waals surface area (Å²) in [6.45, 7) is 5.35. The molecule has 0 aliphatic carbocycles. The Kier molecular flexibility index (Phi) is 5.21. The number of alkyl halides is 3. The van der Waals surface area contributed by atoms with Gasteiger partial charge in [0.25, 0.3) is 0 Å². The standard InChI is InChI=1S/C21H25F3N2O/c1-4-5-8-16-11-14-9-6-7-10-15(14)12-17(16)18(21(22,23)24)26-13-20(2,3)19(27)25-26/h6-7,9-12,18H,4-5,8,13H2,1-3H3,(H,25,27)/t18-/m0/s1. The minimum Gasteiger partial charge on any atom is -0.287 e. The number of carbonyl (C=O) groups is 1. The van der Waals surface area contributed by atoms with Crippen LogP contribution in [0.15, 0.2) is 36.4 Å². The van der Waals surface area contributed by atoms with Crippen LogP contribution in [0.1, 0.15) is 50.8 Å². The average molecular weight is 378 g/mol. The molecule has 6 heteroatoms. The van der Waals surface area contributed by atoms with Crippen LogP contribution >= 0.6 is 0 Å². The van der Waals surface area contributed by atoms with Crippen LogP contribution < -0.4 is 5.43 Å². The number of benzene rings is 2. The lowest BCUT2D eigenvalue weighted by Gasteiger charge is -2.31. The molecule has 3 rings (SSSR count). The third kappa shape index (κ3) is 3.95. The fraction of sp³-hybridized carbons (Fsp3) is 0.476. The van der Waals surface area contributed by atoms with Gasteiger partial charge in [-0.1, -0.05) is 43.7 Å². The Morgan fingerprint density at radius 3 is 2.33 bits per heavy atom. The number of nitrogens with one attached hydrogen (secondary N) is 1. The van der Waals surface area contributed by atoms with Crippen molar-refractivity contribution in [3.8, 4) is 0 Å². The van der Waals surface area contributed by atoms with Crippen molar-refractivity contribution in [1.82, 2.24) is 10.4 Å². The van der Waals surface area contributed by atoms with E-state index in [1.165, 1.54) is 0 Å². The van der Waals surface area contributed by atoms with Crippen LogP contribution in [0.4, 0.5) is 13.2 Å². The van der Waals surface area contributed by atoms with Crippen LogP contribution in [-0.4, -0.2) is 23.6 Å². The van der Waals surface area contributed by atoms with Crippen molar-refractivity contribution >= 4 is 16.7 Å². The van der Waals surface area contributed by atoms with E-state index in [1.54, 1.807) is 19.9 Å². The number of halogens is 3. The maximum absolute atomic E-state index is 14.1. The molecule has 0 saturated carbocycles. The average Bonchev–Trinajstić information content (AvgIpc) is 2.84. The molecule has 0 bridgehead atoms. The summed E-state index contributed by atoms with van der Waals surface area (Å²) in [5, 5.41) is 2.76. The van der Waals surface area contributed by atoms with Gasteiger partial charge >= 0.3 is 6.18 Å². The van der Waals surface area contributed by atoms with Gasteiger partial charge in [0.2, 0.25) is 5.91 Å². The lowest BCUT2D eigenvalue weighted by Crippen LogP contribution is -2.44. The van der Waals surface area contributed by atoms with E-state index in [4.69, 9.17) is 0 Å². The van der Waals surface area contributed by atoms with Gasteiger partial charge in [-0.05, 0) is 54.7 Å². The van der Waals surface area contributed by atoms with E-state index in [1.807, 2.05) is 37.3 Å². The summed E-state index contributed by atoms with van der Waals surface area (Å²) >= 11 is 0. The summed E-state index contributed by atoms with van der Waals surface area (Å²) in [6, 6.07) is 9.08. The highest BCUT2D eigenvalue weighted by Gasteiger charge is 2.51. The molecule has 0 unspecified atom stereocenters. The number of carbonyl (C=O) groups excluding carboxylic acids is 1. The predicted molar refractivity (Wildman–Crippen MR) is 100.0 cm³/mol. The van der Waals surface area contributed by atoms with E-state index in [0.29, 0.717) is 12.0 Å². The van der Waals surface area contributed by atoms with Gasteiger partial charge in [0, 0.05) is 6.54 Å². The molecule has 0 aromatic heterocycles. The van der Waals surface area contributed by atoms with E-state index in [9.17, 15) is 18.0 Å². The van der Waals surface area contributed by atoms with Crippen LogP contribution in [0.5, 0.6) is 0 Å². The van der Waals surface area contributed by atoms with E-state index in [2.05, 4.69) is 5.43 Å². The molecule has 1 atom stereocenters. The van der Waals surface area contributed by atoms with Gasteiger partial charge in [0.1, 0.15) is 6.04 Å². The fourth-order valence-corrected chi connectivity index (χ4v) is 3.64. The molecule has 27 heavy (non-hydrogen) atoms. The van der Waals surface area contributed by atoms with E-state index in [0.717, 1.165) is 28.6 Å². The molecule has 1 aliphatic rings. The van der Waals surface area contributed by atoms with Gasteiger partial charge in [0.15, 0.2) is 0 Å². The quantitative estimate of drug-likeness (QED) is 0.780. The summed E-state index contributed by atoms with van der Waals surface area (Å²) in [7, 11) is 0. The second kappa shape index (κ2) is 7.15. The van der Waals surface area contributed by atoms with E-state index in [-0.39, 0.29) is 18.0 Å². The second-order valence-electron chi connectivity index (χ2n) is 7.90. The fourth-order valence-electron chi connectivity index (χ4n) is 3.64. The first-order valence-electron chi connectivity index (χ1n) is 9.29. The van der Waals surface area contributed by atoms with Crippen LogP contribution in [0, 0.1) is 5.41 Å². The van der Waals surface area contributed by atoms with Gasteiger partial charge in [-0.25, -0.2) is 5.01 Å². The first-order valence-corrected chi connectivity index (χ1v) is 9.29. The third-order valence-electron chi connectivity index (χ3n) is 5.15. The zero-order valence-electron chi connectivity index (χ0n) is 15.9. The van der Waals surface area contributed by atoms with Crippen LogP contribution in [-0.2, 0) is 11.2 Å². The maximum Gasteiger partial charge on any atom is 0.409 e. The van der Waals surface area contributed by atoms with E-state index < -0.39 is 17.6 Å². The van der Waals surface area contributed by atoms with E-state index >= 15 is 0 Å². The molecule has 1 amide bonds. The molecular weight excluding hydrogens is 353 g/mol. The van der Waals surface area contributed by atoms with Crippen molar-refractivity contribution in [2.45, 2.75) is 52.3 Å². The Balaban J connectivity index is 2.13. The molecule has 1 saturated heterocycles. The Morgan fingerprint density at radius 1 is 1.19 bits per heavy atom. The maximum atomic E-state index is 14.1. The summed E-state index contributed by atoms with van der Waals surface area (Å²) < 4.78 is 42.4. The van der Waals surface area contributed by atoms with Crippen molar-refractivity contribution in [2.24, 2.45) is 5.41 Å². The SMILES string of the molecule is CCCCc1cc2ccccc2cc1[C@H](N1CC(C)(C)C(=O)N1)C(F)(F)F. The Morgan fingerprint density at radius 2 is 1.81 bits per heavy atom. The van der Waals surface area contributed by atoms with Gasteiger partial charge in [-0.15, -0.1) is 0 Å². The zero-order chi connectivity index (χ0) is 19.8. The van der Waals surface area contributed by atoms with Gasteiger partial charge < -0.3 is 0 Å². The van der Waals surface area contributed by atoms with Gasteiger partial charge in [-0.3, -0.25) is 10.2 Å². The van der Waals surface area contributed by atoms with Crippen LogP contribution in [0.25, 0.3) is 10.8 Å². The monoisotopic (exact) mass is 378 g/mol. The largest absolute Gasteiger partial charge is 0.409 e. The number of hydrazine groups is 1. The smallest absolute Gasteiger partial charge is 0.287 e. The highest BCUT2D eigenvalue weighted by molar-refractivity contribution is 5.85. The molecule has 0 radical (unpaired) electrons. The molecule has 2 aromatic carbocycles. The Hall–Kier alpha value is -2.08. The van der Waals surface area contributed by atoms with Crippen LogP contribution in [0.3, 0.4) is 0 Å². The molecular formula is C21H25F3N2O. The van der Waals surface area contributed by atoms with Gasteiger partial charge in [0.05, 0.1) is 5.41 Å². The number of unbranched alkanes of at least 4 members (excludes halogenated alkanes) is 1. The summed E-state index contributed by atoms with van der Waals surface area (Å²) in [5.41, 5.74) is 2.52. The first kappa shape index (κ1) is 19.7. The number of hydrogen-bond donors (Lipinski definition) is 1. The lowest BCUT2D eigenvalue weighted by molar-refractivity contribution is -0.191. The number of rotatable bonds is 5. The molecule has 1 fully saturated rings. The van der Waals surface area contributed by atoms with Crippen molar-refractivity contribution < 1.29 is 18.0 Å². The predicted octanol–water partition coefficient (Wildman–Crippen LogP) is 5.16. The van der Waals surface area contributed by atoms with Crippen molar-refractivity contribution in [3.05, 3.63) is 47.5 Å². The normalized spacial score (nSPS) is 18.7. The topological polar surface area (TPSA) is 32.3 Å². The van der Waals surface area contributed by atoms with Gasteiger partial charge in [-0.2, -0.15) is 13.2 Å². The molecule has 146 valence electrons. The third-order valence-corrected chi connectivity index (χ3v) is 5.15. The molecule has 3 nitrogen and oxygen atoms in total. The minimum absolute atomic E-state index is 0.00997. The number of aryl methyl sites for hydroxylation is 1. The summed E-state index contributed by atoms with van der Waals surface area (Å²) in [6.07, 6.45) is -2.21. The first-order chi connectivity index (χ1) is 12.6. The van der Waals surface area contributed by atoms with Crippen molar-refractivity contribution in [3.63, 3.8) is 0 Å². The van der Waals surface area contributed by atoms with Crippen molar-refractivity contribution in [1.29, 1.82) is 0 Å². The zero-order valence-corrected chi connectivity index (χ0v) is 15.9. The Labute approximate surface area is 157 Å². The highest BCUT2D eigenvalue weighted by atomic mass is 19.4. The van der Waals surface area contributed by atoms with Crippen molar-refractivity contribution in [2.75, 3.05) is 6.54 Å².